The summed E-state index contributed by atoms with van der Waals surface area (Å²) in [5.41, 5.74) is 4.62. The van der Waals surface area contributed by atoms with Gasteiger partial charge < -0.3 is 5.11 Å². The molecular formula is C25H26N4O6. The number of aryl methyl sites for hydroxylation is 1. The maximum Gasteiger partial charge on any atom is 0.277 e. The van der Waals surface area contributed by atoms with Crippen LogP contribution in [0.3, 0.4) is 0 Å². The van der Waals surface area contributed by atoms with E-state index in [1.54, 1.807) is 6.07 Å². The second-order valence-electron chi connectivity index (χ2n) is 10.0. The number of carbonyl (C=O) groups excluding carboxylic acids is 1. The minimum absolute atomic E-state index is 0.155. The molecule has 2 aromatic rings. The zero-order valence-electron chi connectivity index (χ0n) is 19.3. The van der Waals surface area contributed by atoms with Crippen molar-refractivity contribution in [3.8, 4) is 5.75 Å². The normalized spacial score (nSPS) is 28.0. The quantitative estimate of drug-likeness (QED) is 0.474. The number of carbonyl (C=O) groups is 1. The first-order chi connectivity index (χ1) is 16.7. The number of hydrazone groups is 1. The number of nitrogens with one attached hydrogen (secondary N) is 1. The number of nitro benzene ring substituents is 2. The fourth-order valence-corrected chi connectivity index (χ4v) is 6.66. The van der Waals surface area contributed by atoms with Gasteiger partial charge in [-0.1, -0.05) is 13.0 Å². The monoisotopic (exact) mass is 478 g/mol. The van der Waals surface area contributed by atoms with Crippen molar-refractivity contribution >= 4 is 23.0 Å². The summed E-state index contributed by atoms with van der Waals surface area (Å²) in [7, 11) is 0. The highest BCUT2D eigenvalue weighted by Gasteiger charge is 2.53. The van der Waals surface area contributed by atoms with Gasteiger partial charge in [0, 0.05) is 23.3 Å². The number of amides is 1. The second-order valence-corrected chi connectivity index (χ2v) is 10.0. The number of non-ortho nitro benzene ring substituents is 2. The van der Waals surface area contributed by atoms with Gasteiger partial charge in [-0.15, -0.1) is 0 Å². The van der Waals surface area contributed by atoms with Crippen molar-refractivity contribution in [2.45, 2.75) is 51.4 Å². The summed E-state index contributed by atoms with van der Waals surface area (Å²) in [6.45, 7) is 2.20. The van der Waals surface area contributed by atoms with Crippen molar-refractivity contribution in [3.63, 3.8) is 0 Å². The molecule has 3 aliphatic rings. The van der Waals surface area contributed by atoms with Crippen LogP contribution in [0.25, 0.3) is 0 Å². The molecule has 0 unspecified atom stereocenters. The largest absolute Gasteiger partial charge is 0.508 e. The third-order valence-corrected chi connectivity index (χ3v) is 8.33. The summed E-state index contributed by atoms with van der Waals surface area (Å²) in [4.78, 5) is 33.5. The highest BCUT2D eigenvalue weighted by Crippen LogP contribution is 2.59. The molecule has 0 aromatic heterocycles. The van der Waals surface area contributed by atoms with Gasteiger partial charge in [0.05, 0.1) is 21.5 Å². The van der Waals surface area contributed by atoms with Crippen LogP contribution in [-0.2, 0) is 6.42 Å². The maximum absolute atomic E-state index is 12.7. The van der Waals surface area contributed by atoms with E-state index in [2.05, 4.69) is 23.5 Å². The summed E-state index contributed by atoms with van der Waals surface area (Å²) >= 11 is 0. The summed E-state index contributed by atoms with van der Waals surface area (Å²) in [5.74, 6) is 0.988. The predicted octanol–water partition coefficient (Wildman–Crippen LogP) is 4.85. The number of aromatic hydroxyl groups is 1. The van der Waals surface area contributed by atoms with Crippen LogP contribution in [0.5, 0.6) is 5.75 Å². The number of hydrogen-bond acceptors (Lipinski definition) is 7. The van der Waals surface area contributed by atoms with Crippen LogP contribution in [0, 0.1) is 37.5 Å². The summed E-state index contributed by atoms with van der Waals surface area (Å²) in [6.07, 6.45) is 5.64. The van der Waals surface area contributed by atoms with E-state index in [0.717, 1.165) is 62.4 Å². The Balaban J connectivity index is 1.36. The van der Waals surface area contributed by atoms with E-state index in [0.29, 0.717) is 23.5 Å². The number of hydrogen-bond donors (Lipinski definition) is 2. The van der Waals surface area contributed by atoms with Crippen LogP contribution in [0.2, 0.25) is 0 Å². The third kappa shape index (κ3) is 3.92. The van der Waals surface area contributed by atoms with E-state index >= 15 is 0 Å². The van der Waals surface area contributed by atoms with Crippen LogP contribution in [0.4, 0.5) is 11.4 Å². The van der Waals surface area contributed by atoms with Crippen molar-refractivity contribution in [2.24, 2.45) is 22.4 Å². The smallest absolute Gasteiger partial charge is 0.277 e. The molecule has 0 radical (unpaired) electrons. The Bertz CT molecular complexity index is 1240. The van der Waals surface area contributed by atoms with Crippen LogP contribution < -0.4 is 5.43 Å². The molecule has 1 amide bonds. The molecule has 0 heterocycles. The van der Waals surface area contributed by atoms with Gasteiger partial charge in [-0.25, -0.2) is 5.43 Å². The molecule has 10 heteroatoms. The molecule has 10 nitrogen and oxygen atoms in total. The molecule has 0 aliphatic heterocycles. The van der Waals surface area contributed by atoms with E-state index in [4.69, 9.17) is 0 Å². The molecule has 3 aliphatic carbocycles. The van der Waals surface area contributed by atoms with Gasteiger partial charge in [0.25, 0.3) is 17.3 Å². The SMILES string of the molecule is C[C@]12CC[C@@H]3c4ccc(O)cc4CC[C@H]3[C@@H]1CC/C2=N/NC(=O)c1cc([N+](=O)[O-])cc([N+](=O)[O-])c1. The molecule has 2 saturated carbocycles. The predicted molar refractivity (Wildman–Crippen MR) is 127 cm³/mol. The molecular weight excluding hydrogens is 452 g/mol. The van der Waals surface area contributed by atoms with E-state index in [1.165, 1.54) is 11.1 Å². The second kappa shape index (κ2) is 8.44. The van der Waals surface area contributed by atoms with Crippen molar-refractivity contribution in [3.05, 3.63) is 73.3 Å². The van der Waals surface area contributed by atoms with E-state index < -0.39 is 27.1 Å². The molecule has 0 bridgehead atoms. The van der Waals surface area contributed by atoms with Crippen LogP contribution in [-0.4, -0.2) is 26.6 Å². The lowest BCUT2D eigenvalue weighted by Gasteiger charge is -2.49. The molecule has 35 heavy (non-hydrogen) atoms. The molecule has 0 saturated heterocycles. The Hall–Kier alpha value is -3.82. The lowest BCUT2D eigenvalue weighted by atomic mass is 9.55. The summed E-state index contributed by atoms with van der Waals surface area (Å²) in [5, 5.41) is 36.6. The molecule has 0 spiro atoms. The van der Waals surface area contributed by atoms with Gasteiger partial charge in [-0.05, 0) is 79.5 Å². The van der Waals surface area contributed by atoms with Crippen LogP contribution in [0.15, 0.2) is 41.5 Å². The minimum Gasteiger partial charge on any atom is -0.508 e. The van der Waals surface area contributed by atoms with Gasteiger partial charge >= 0.3 is 0 Å². The average molecular weight is 479 g/mol. The van der Waals surface area contributed by atoms with Crippen LogP contribution in [0.1, 0.15) is 66.4 Å². The van der Waals surface area contributed by atoms with Gasteiger partial charge in [-0.3, -0.25) is 25.0 Å². The van der Waals surface area contributed by atoms with Gasteiger partial charge in [-0.2, -0.15) is 5.10 Å². The lowest BCUT2D eigenvalue weighted by Crippen LogP contribution is -2.43. The fourth-order valence-electron chi connectivity index (χ4n) is 6.66. The van der Waals surface area contributed by atoms with E-state index in [9.17, 15) is 30.1 Å². The maximum atomic E-state index is 12.7. The van der Waals surface area contributed by atoms with Gasteiger partial charge in [0.2, 0.25) is 0 Å². The molecule has 182 valence electrons. The number of phenols is 1. The van der Waals surface area contributed by atoms with Crippen molar-refractivity contribution in [2.75, 3.05) is 0 Å². The number of benzene rings is 2. The molecule has 5 rings (SSSR count). The molecule has 2 N–H and O–H groups in total. The first kappa shape index (κ1) is 22.9. The summed E-state index contributed by atoms with van der Waals surface area (Å²) < 4.78 is 0. The Labute approximate surface area is 201 Å². The first-order valence-corrected chi connectivity index (χ1v) is 11.8. The van der Waals surface area contributed by atoms with Crippen molar-refractivity contribution in [1.82, 2.24) is 5.43 Å². The van der Waals surface area contributed by atoms with Gasteiger partial charge in [0.1, 0.15) is 5.75 Å². The molecule has 4 atom stereocenters. The van der Waals surface area contributed by atoms with E-state index in [-0.39, 0.29) is 11.0 Å². The zero-order chi connectivity index (χ0) is 24.9. The van der Waals surface area contributed by atoms with Crippen molar-refractivity contribution < 1.29 is 19.7 Å². The Morgan fingerprint density at radius 2 is 1.77 bits per heavy atom. The minimum atomic E-state index is -0.763. The Morgan fingerprint density at radius 3 is 2.46 bits per heavy atom. The first-order valence-electron chi connectivity index (χ1n) is 11.8. The Morgan fingerprint density at radius 1 is 1.06 bits per heavy atom. The molecule has 2 aromatic carbocycles. The zero-order valence-corrected chi connectivity index (χ0v) is 19.3. The van der Waals surface area contributed by atoms with E-state index in [1.807, 2.05) is 6.07 Å². The molecule has 2 fully saturated rings. The Kier molecular flexibility index (Phi) is 5.53. The average Bonchev–Trinajstić information content (AvgIpc) is 3.17. The fraction of sp³-hybridized carbons (Fsp3) is 0.440. The van der Waals surface area contributed by atoms with Gasteiger partial charge in [0.15, 0.2) is 0 Å². The summed E-state index contributed by atoms with van der Waals surface area (Å²) in [6, 6.07) is 8.58. The number of nitrogens with zero attached hydrogens (tertiary/aromatic N) is 3. The number of nitro groups is 2. The highest BCUT2D eigenvalue weighted by molar-refractivity contribution is 5.98. The standard InChI is InChI=1S/C25H26N4O6/c1-25-9-8-20-19-5-3-18(30)12-14(19)2-4-21(20)22(25)6-7-23(25)26-27-24(31)15-10-16(28(32)33)13-17(11-15)29(34)35/h3,5,10-13,20-22,30H,2,4,6-9H2,1H3,(H,27,31)/b26-23-/t20-,21-,22+,25+/m1/s1. The number of rotatable bonds is 4. The number of phenolic OH excluding ortho intramolecular Hbond substituents is 1. The van der Waals surface area contributed by atoms with Crippen LogP contribution >= 0.6 is 0 Å². The topological polar surface area (TPSA) is 148 Å². The number of fused-ring (bicyclic) bond motifs is 5. The van der Waals surface area contributed by atoms with Crippen molar-refractivity contribution in [1.29, 1.82) is 0 Å². The third-order valence-electron chi connectivity index (χ3n) is 8.33. The highest BCUT2D eigenvalue weighted by atomic mass is 16.6. The lowest BCUT2D eigenvalue weighted by molar-refractivity contribution is -0.394.